The van der Waals surface area contributed by atoms with Crippen molar-refractivity contribution in [1.29, 1.82) is 0 Å². The van der Waals surface area contributed by atoms with E-state index in [0.29, 0.717) is 0 Å². The van der Waals surface area contributed by atoms with Gasteiger partial charge in [-0.05, 0) is 13.3 Å². The van der Waals surface area contributed by atoms with Gasteiger partial charge in [0.2, 0.25) is 0 Å². The average molecular weight is 356 g/mol. The first kappa shape index (κ1) is 24.9. The molecule has 0 heterocycles. The Labute approximate surface area is 159 Å². The highest BCUT2D eigenvalue weighted by molar-refractivity contribution is 4.84. The molecule has 2 nitrogen and oxygen atoms in total. The fourth-order valence-electron chi connectivity index (χ4n) is 3.37. The summed E-state index contributed by atoms with van der Waals surface area (Å²) < 4.78 is 0. The van der Waals surface area contributed by atoms with Gasteiger partial charge >= 0.3 is 0 Å². The van der Waals surface area contributed by atoms with Crippen molar-refractivity contribution in [3.05, 3.63) is 0 Å². The molecule has 0 saturated carbocycles. The molecule has 0 aliphatic carbocycles. The van der Waals surface area contributed by atoms with Crippen molar-refractivity contribution in [1.82, 2.24) is 0 Å². The van der Waals surface area contributed by atoms with Crippen molar-refractivity contribution in [2.24, 2.45) is 11.1 Å². The molecule has 2 heteroatoms. The predicted octanol–water partition coefficient (Wildman–Crippen LogP) is 7.33. The second-order valence-corrected chi connectivity index (χ2v) is 9.08. The largest absolute Gasteiger partial charge is 0.376 e. The lowest BCUT2D eigenvalue weighted by molar-refractivity contribution is -0.0514. The van der Waals surface area contributed by atoms with E-state index in [1.807, 2.05) is 0 Å². The standard InChI is InChI=1S/C23H49NO/c1-5-6-7-8-9-10-11-12-13-14-15-16-17-18-19-20-21-22(2,3)23(4,24)25/h25H,5-21,24H2,1-4H3. The van der Waals surface area contributed by atoms with Crippen LogP contribution in [0.5, 0.6) is 0 Å². The number of aliphatic hydroxyl groups is 1. The van der Waals surface area contributed by atoms with Gasteiger partial charge in [-0.1, -0.05) is 124 Å². The zero-order valence-corrected chi connectivity index (χ0v) is 18.0. The lowest BCUT2D eigenvalue weighted by atomic mass is 9.78. The van der Waals surface area contributed by atoms with Crippen molar-refractivity contribution in [2.45, 2.75) is 143 Å². The van der Waals surface area contributed by atoms with Crippen LogP contribution in [0, 0.1) is 5.41 Å². The molecule has 0 amide bonds. The summed E-state index contributed by atoms with van der Waals surface area (Å²) in [4.78, 5) is 0. The van der Waals surface area contributed by atoms with E-state index >= 15 is 0 Å². The van der Waals surface area contributed by atoms with Gasteiger partial charge in [-0.25, -0.2) is 0 Å². The van der Waals surface area contributed by atoms with E-state index in [4.69, 9.17) is 5.73 Å². The topological polar surface area (TPSA) is 46.2 Å². The third-order valence-corrected chi connectivity index (χ3v) is 6.03. The first-order valence-corrected chi connectivity index (χ1v) is 11.3. The van der Waals surface area contributed by atoms with Crippen LogP contribution in [-0.4, -0.2) is 10.8 Å². The molecule has 0 aliphatic heterocycles. The Bertz CT molecular complexity index is 280. The minimum Gasteiger partial charge on any atom is -0.376 e. The lowest BCUT2D eigenvalue weighted by Gasteiger charge is -2.37. The number of unbranched alkanes of at least 4 members (excludes halogenated alkanes) is 15. The molecule has 0 radical (unpaired) electrons. The monoisotopic (exact) mass is 355 g/mol. The van der Waals surface area contributed by atoms with Crippen LogP contribution >= 0.6 is 0 Å². The van der Waals surface area contributed by atoms with E-state index in [-0.39, 0.29) is 5.41 Å². The van der Waals surface area contributed by atoms with E-state index in [1.54, 1.807) is 6.92 Å². The quantitative estimate of drug-likeness (QED) is 0.200. The molecule has 0 aromatic rings. The number of rotatable bonds is 18. The number of hydrogen-bond acceptors (Lipinski definition) is 2. The summed E-state index contributed by atoms with van der Waals surface area (Å²) in [5, 5.41) is 9.95. The summed E-state index contributed by atoms with van der Waals surface area (Å²) >= 11 is 0. The molecule has 0 aliphatic rings. The molecule has 0 saturated heterocycles. The summed E-state index contributed by atoms with van der Waals surface area (Å²) in [5.74, 6) is 0. The zero-order valence-electron chi connectivity index (χ0n) is 18.0. The van der Waals surface area contributed by atoms with Gasteiger partial charge in [-0.2, -0.15) is 0 Å². The maximum Gasteiger partial charge on any atom is 0.115 e. The highest BCUT2D eigenvalue weighted by Crippen LogP contribution is 2.32. The van der Waals surface area contributed by atoms with E-state index in [9.17, 15) is 5.11 Å². The fourth-order valence-corrected chi connectivity index (χ4v) is 3.37. The Morgan fingerprint density at radius 2 is 0.840 bits per heavy atom. The summed E-state index contributed by atoms with van der Waals surface area (Å²) in [5.41, 5.74) is 4.58. The van der Waals surface area contributed by atoms with Gasteiger partial charge in [0, 0.05) is 5.41 Å². The molecule has 0 rings (SSSR count). The first-order chi connectivity index (χ1) is 11.8. The molecule has 0 fully saturated rings. The fraction of sp³-hybridized carbons (Fsp3) is 1.00. The Morgan fingerprint density at radius 1 is 0.560 bits per heavy atom. The smallest absolute Gasteiger partial charge is 0.115 e. The van der Waals surface area contributed by atoms with Crippen LogP contribution in [-0.2, 0) is 0 Å². The van der Waals surface area contributed by atoms with Crippen LogP contribution in [0.25, 0.3) is 0 Å². The normalized spacial score (nSPS) is 14.6. The molecule has 1 unspecified atom stereocenters. The van der Waals surface area contributed by atoms with Crippen LogP contribution < -0.4 is 5.73 Å². The zero-order chi connectivity index (χ0) is 19.0. The van der Waals surface area contributed by atoms with Crippen molar-refractivity contribution in [3.8, 4) is 0 Å². The molecule has 0 aromatic heterocycles. The second-order valence-electron chi connectivity index (χ2n) is 9.08. The van der Waals surface area contributed by atoms with Crippen LogP contribution in [0.4, 0.5) is 0 Å². The van der Waals surface area contributed by atoms with Gasteiger partial charge in [0.05, 0.1) is 0 Å². The van der Waals surface area contributed by atoms with Gasteiger partial charge in [0.25, 0.3) is 0 Å². The SMILES string of the molecule is CCCCCCCCCCCCCCCCCCC(C)(C)C(C)(N)O. The van der Waals surface area contributed by atoms with Gasteiger partial charge in [-0.3, -0.25) is 0 Å². The highest BCUT2D eigenvalue weighted by Gasteiger charge is 2.34. The molecule has 0 spiro atoms. The molecular formula is C23H49NO. The van der Waals surface area contributed by atoms with Crippen LogP contribution in [0.3, 0.4) is 0 Å². The van der Waals surface area contributed by atoms with Gasteiger partial charge < -0.3 is 10.8 Å². The van der Waals surface area contributed by atoms with Gasteiger partial charge in [-0.15, -0.1) is 0 Å². The predicted molar refractivity (Wildman–Crippen MR) is 113 cm³/mol. The average Bonchev–Trinajstić information content (AvgIpc) is 2.53. The Morgan fingerprint density at radius 3 is 1.12 bits per heavy atom. The number of nitrogens with two attached hydrogens (primary N) is 1. The van der Waals surface area contributed by atoms with Gasteiger partial charge in [0.1, 0.15) is 5.72 Å². The molecule has 25 heavy (non-hydrogen) atoms. The van der Waals surface area contributed by atoms with Crippen molar-refractivity contribution in [3.63, 3.8) is 0 Å². The maximum atomic E-state index is 9.95. The molecule has 1 atom stereocenters. The number of hydrogen-bond donors (Lipinski definition) is 2. The second kappa shape index (κ2) is 15.0. The summed E-state index contributed by atoms with van der Waals surface area (Å²) in [6, 6.07) is 0. The van der Waals surface area contributed by atoms with Crippen molar-refractivity contribution in [2.75, 3.05) is 0 Å². The van der Waals surface area contributed by atoms with Crippen LogP contribution in [0.1, 0.15) is 137 Å². The third kappa shape index (κ3) is 14.7. The summed E-state index contributed by atoms with van der Waals surface area (Å²) in [6.07, 6.45) is 23.3. The van der Waals surface area contributed by atoms with Crippen LogP contribution in [0.15, 0.2) is 0 Å². The molecule has 3 N–H and O–H groups in total. The molecular weight excluding hydrogens is 306 g/mol. The lowest BCUT2D eigenvalue weighted by Crippen LogP contribution is -2.49. The summed E-state index contributed by atoms with van der Waals surface area (Å²) in [6.45, 7) is 8.14. The maximum absolute atomic E-state index is 9.95. The third-order valence-electron chi connectivity index (χ3n) is 6.03. The van der Waals surface area contributed by atoms with Crippen molar-refractivity contribution >= 4 is 0 Å². The summed E-state index contributed by atoms with van der Waals surface area (Å²) in [7, 11) is 0. The Hall–Kier alpha value is -0.0800. The van der Waals surface area contributed by atoms with E-state index in [2.05, 4.69) is 20.8 Å². The van der Waals surface area contributed by atoms with E-state index < -0.39 is 5.72 Å². The van der Waals surface area contributed by atoms with Crippen LogP contribution in [0.2, 0.25) is 0 Å². The molecule has 0 bridgehead atoms. The minimum absolute atomic E-state index is 0.191. The first-order valence-electron chi connectivity index (χ1n) is 11.3. The van der Waals surface area contributed by atoms with Crippen molar-refractivity contribution < 1.29 is 5.11 Å². The Balaban J connectivity index is 3.22. The Kier molecular flexibility index (Phi) is 15.0. The van der Waals surface area contributed by atoms with E-state index in [1.165, 1.54) is 103 Å². The van der Waals surface area contributed by atoms with E-state index in [0.717, 1.165) is 6.42 Å². The molecule has 0 aromatic carbocycles. The minimum atomic E-state index is -1.07. The molecule has 152 valence electrons. The highest BCUT2D eigenvalue weighted by atomic mass is 16.3. The van der Waals surface area contributed by atoms with Gasteiger partial charge in [0.15, 0.2) is 0 Å².